The Bertz CT molecular complexity index is 360. The summed E-state index contributed by atoms with van der Waals surface area (Å²) in [5.41, 5.74) is 1.40. The van der Waals surface area contributed by atoms with Crippen LogP contribution in [0.2, 0.25) is 0 Å². The second-order valence-electron chi connectivity index (χ2n) is 5.76. The number of hydrogen-bond acceptors (Lipinski definition) is 2. The first-order chi connectivity index (χ1) is 9.74. The summed E-state index contributed by atoms with van der Waals surface area (Å²) in [7, 11) is 0. The number of aryl methyl sites for hydroxylation is 1. The van der Waals surface area contributed by atoms with Crippen LogP contribution in [0, 0.1) is 0 Å². The molecule has 0 unspecified atom stereocenters. The molecule has 0 bridgehead atoms. The van der Waals surface area contributed by atoms with E-state index in [9.17, 15) is 0 Å². The summed E-state index contributed by atoms with van der Waals surface area (Å²) >= 11 is 8.76. The van der Waals surface area contributed by atoms with Crippen LogP contribution in [0.4, 0.5) is 0 Å². The van der Waals surface area contributed by atoms with Crippen LogP contribution in [0.3, 0.4) is 0 Å². The molecule has 1 aromatic carbocycles. The van der Waals surface area contributed by atoms with Gasteiger partial charge in [0.05, 0.1) is 0 Å². The second-order valence-corrected chi connectivity index (χ2v) is 6.72. The molecule has 0 aromatic heterocycles. The van der Waals surface area contributed by atoms with Crippen molar-refractivity contribution in [3.63, 3.8) is 0 Å². The summed E-state index contributed by atoms with van der Waals surface area (Å²) in [6.07, 6.45) is 15.2. The first-order valence-electron chi connectivity index (χ1n) is 8.25. The highest BCUT2D eigenvalue weighted by atomic mass is 32.1. The van der Waals surface area contributed by atoms with E-state index in [1.165, 1.54) is 76.2 Å². The third-order valence-corrected chi connectivity index (χ3v) is 4.80. The van der Waals surface area contributed by atoms with E-state index in [0.717, 1.165) is 9.79 Å². The van der Waals surface area contributed by atoms with E-state index in [1.54, 1.807) is 0 Å². The summed E-state index contributed by atoms with van der Waals surface area (Å²) in [5.74, 6) is 0. The summed E-state index contributed by atoms with van der Waals surface area (Å²) in [6.45, 7) is 2.28. The minimum absolute atomic E-state index is 0.972. The Labute approximate surface area is 136 Å². The molecule has 0 saturated heterocycles. The number of rotatable bonds is 11. The van der Waals surface area contributed by atoms with Crippen molar-refractivity contribution in [2.24, 2.45) is 0 Å². The number of benzene rings is 1. The number of thiol groups is 2. The van der Waals surface area contributed by atoms with Gasteiger partial charge in [-0.25, -0.2) is 0 Å². The quantitative estimate of drug-likeness (QED) is 0.328. The van der Waals surface area contributed by atoms with Crippen molar-refractivity contribution in [1.82, 2.24) is 0 Å². The highest BCUT2D eigenvalue weighted by molar-refractivity contribution is 7.83. The molecule has 1 aromatic rings. The maximum atomic E-state index is 4.42. The van der Waals surface area contributed by atoms with Crippen LogP contribution in [0.5, 0.6) is 0 Å². The molecule has 0 saturated carbocycles. The van der Waals surface area contributed by atoms with Crippen molar-refractivity contribution in [2.75, 3.05) is 0 Å². The van der Waals surface area contributed by atoms with E-state index < -0.39 is 0 Å². The molecule has 0 aliphatic carbocycles. The maximum Gasteiger partial charge on any atom is 0.0176 e. The standard InChI is InChI=1S/C18H30S2/c1-2-3-4-5-6-7-8-9-10-11-12-16-13-14-17(19)18(20)15-16/h13-15,19-20H,2-12H2,1H3. The van der Waals surface area contributed by atoms with Gasteiger partial charge in [0.15, 0.2) is 0 Å². The maximum absolute atomic E-state index is 4.42. The Hall–Kier alpha value is -0.0800. The van der Waals surface area contributed by atoms with Gasteiger partial charge in [-0.15, -0.1) is 25.3 Å². The largest absolute Gasteiger partial charge is 0.142 e. The van der Waals surface area contributed by atoms with Crippen molar-refractivity contribution in [3.05, 3.63) is 23.8 Å². The van der Waals surface area contributed by atoms with Crippen LogP contribution >= 0.6 is 25.3 Å². The zero-order valence-electron chi connectivity index (χ0n) is 12.9. The molecular weight excluding hydrogens is 280 g/mol. The molecule has 0 radical (unpaired) electrons. The van der Waals surface area contributed by atoms with Gasteiger partial charge in [-0.05, 0) is 30.5 Å². The molecule has 0 N–H and O–H groups in total. The monoisotopic (exact) mass is 310 g/mol. The Kier molecular flexibility index (Phi) is 10.4. The van der Waals surface area contributed by atoms with Gasteiger partial charge in [-0.1, -0.05) is 70.8 Å². The van der Waals surface area contributed by atoms with Gasteiger partial charge in [0, 0.05) is 9.79 Å². The van der Waals surface area contributed by atoms with E-state index in [2.05, 4.69) is 50.4 Å². The lowest BCUT2D eigenvalue weighted by atomic mass is 10.0. The van der Waals surface area contributed by atoms with Crippen molar-refractivity contribution in [3.8, 4) is 0 Å². The second kappa shape index (κ2) is 11.6. The molecular formula is C18H30S2. The summed E-state index contributed by atoms with van der Waals surface area (Å²) in [5, 5.41) is 0. The molecule has 1 rings (SSSR count). The molecule has 0 fully saturated rings. The molecule has 114 valence electrons. The lowest BCUT2D eigenvalue weighted by Crippen LogP contribution is -1.87. The Balaban J connectivity index is 1.95. The minimum Gasteiger partial charge on any atom is -0.142 e. The molecule has 2 heteroatoms. The van der Waals surface area contributed by atoms with Crippen molar-refractivity contribution < 1.29 is 0 Å². The van der Waals surface area contributed by atoms with Crippen molar-refractivity contribution >= 4 is 25.3 Å². The van der Waals surface area contributed by atoms with E-state index >= 15 is 0 Å². The predicted octanol–water partition coefficient (Wildman–Crippen LogP) is 6.73. The smallest absolute Gasteiger partial charge is 0.0176 e. The van der Waals surface area contributed by atoms with Gasteiger partial charge in [0.25, 0.3) is 0 Å². The third-order valence-electron chi connectivity index (χ3n) is 3.86. The van der Waals surface area contributed by atoms with Crippen molar-refractivity contribution in [1.29, 1.82) is 0 Å². The third kappa shape index (κ3) is 8.26. The zero-order valence-corrected chi connectivity index (χ0v) is 14.7. The Morgan fingerprint density at radius 1 is 0.700 bits per heavy atom. The molecule has 0 heterocycles. The first-order valence-corrected chi connectivity index (χ1v) is 9.14. The molecule has 0 amide bonds. The number of unbranched alkanes of at least 4 members (excludes halogenated alkanes) is 9. The van der Waals surface area contributed by atoms with Crippen LogP contribution < -0.4 is 0 Å². The Morgan fingerprint density at radius 2 is 1.25 bits per heavy atom. The molecule has 0 atom stereocenters. The predicted molar refractivity (Wildman–Crippen MR) is 96.5 cm³/mol. The SMILES string of the molecule is CCCCCCCCCCCCc1ccc(S)c(S)c1. The van der Waals surface area contributed by atoms with Crippen LogP contribution in [-0.4, -0.2) is 0 Å². The van der Waals surface area contributed by atoms with Gasteiger partial charge in [-0.3, -0.25) is 0 Å². The van der Waals surface area contributed by atoms with Crippen LogP contribution in [0.15, 0.2) is 28.0 Å². The fourth-order valence-electron chi connectivity index (χ4n) is 2.54. The Morgan fingerprint density at radius 3 is 1.80 bits per heavy atom. The lowest BCUT2D eigenvalue weighted by Gasteiger charge is -2.05. The van der Waals surface area contributed by atoms with Gasteiger partial charge in [-0.2, -0.15) is 0 Å². The van der Waals surface area contributed by atoms with E-state index in [1.807, 2.05) is 0 Å². The van der Waals surface area contributed by atoms with Gasteiger partial charge in [0.2, 0.25) is 0 Å². The van der Waals surface area contributed by atoms with Gasteiger partial charge < -0.3 is 0 Å². The average molecular weight is 311 g/mol. The topological polar surface area (TPSA) is 0 Å². The average Bonchev–Trinajstić information content (AvgIpc) is 2.45. The van der Waals surface area contributed by atoms with E-state index in [-0.39, 0.29) is 0 Å². The highest BCUT2D eigenvalue weighted by Crippen LogP contribution is 2.20. The normalized spacial score (nSPS) is 10.9. The summed E-state index contributed by atoms with van der Waals surface area (Å²) < 4.78 is 0. The lowest BCUT2D eigenvalue weighted by molar-refractivity contribution is 0.556. The van der Waals surface area contributed by atoms with E-state index in [0.29, 0.717) is 0 Å². The molecule has 0 nitrogen and oxygen atoms in total. The summed E-state index contributed by atoms with van der Waals surface area (Å²) in [6, 6.07) is 6.38. The van der Waals surface area contributed by atoms with Crippen LogP contribution in [-0.2, 0) is 6.42 Å². The molecule has 0 aliphatic rings. The van der Waals surface area contributed by atoms with Gasteiger partial charge in [0.1, 0.15) is 0 Å². The zero-order chi connectivity index (χ0) is 14.6. The molecule has 20 heavy (non-hydrogen) atoms. The minimum atomic E-state index is 0.972. The fourth-order valence-corrected chi connectivity index (χ4v) is 2.92. The highest BCUT2D eigenvalue weighted by Gasteiger charge is 1.98. The van der Waals surface area contributed by atoms with Crippen LogP contribution in [0.25, 0.3) is 0 Å². The molecule has 0 spiro atoms. The van der Waals surface area contributed by atoms with E-state index in [4.69, 9.17) is 0 Å². The summed E-state index contributed by atoms with van der Waals surface area (Å²) in [4.78, 5) is 1.97. The number of hydrogen-bond donors (Lipinski definition) is 2. The van der Waals surface area contributed by atoms with Gasteiger partial charge >= 0.3 is 0 Å². The fraction of sp³-hybridized carbons (Fsp3) is 0.667. The molecule has 0 aliphatic heterocycles. The van der Waals surface area contributed by atoms with Crippen LogP contribution in [0.1, 0.15) is 76.7 Å². The first kappa shape index (κ1) is 18.0. The van der Waals surface area contributed by atoms with Crippen molar-refractivity contribution in [2.45, 2.75) is 87.3 Å².